The first-order valence-corrected chi connectivity index (χ1v) is 7.53. The zero-order valence-electron chi connectivity index (χ0n) is 11.8. The normalized spacial score (nSPS) is 11.8. The summed E-state index contributed by atoms with van der Waals surface area (Å²) in [6.07, 6.45) is 0. The molecule has 0 aromatic heterocycles. The van der Waals surface area contributed by atoms with Crippen molar-refractivity contribution in [1.29, 1.82) is 0 Å². The van der Waals surface area contributed by atoms with Crippen molar-refractivity contribution in [3.8, 4) is 0 Å². The van der Waals surface area contributed by atoms with Crippen LogP contribution in [0.2, 0.25) is 0 Å². The summed E-state index contributed by atoms with van der Waals surface area (Å²) in [5.74, 6) is 0.0356. The van der Waals surface area contributed by atoms with Crippen molar-refractivity contribution in [2.75, 3.05) is 24.2 Å². The summed E-state index contributed by atoms with van der Waals surface area (Å²) < 4.78 is 0. The number of nitrogens with two attached hydrogens (primary N) is 1. The van der Waals surface area contributed by atoms with Gasteiger partial charge in [-0.25, -0.2) is 0 Å². The standard InChI is InChI=1S/C14H21N3O2S/c1-10-4-3-5-12(8-10)17-13(18)9-20-11(2)14(19)16-7-6-15/h3-5,8,11H,6-7,9,15H2,1-2H3,(H,16,19)(H,17,18). The number of amides is 2. The molecular weight excluding hydrogens is 274 g/mol. The number of rotatable bonds is 7. The van der Waals surface area contributed by atoms with Crippen LogP contribution < -0.4 is 16.4 Å². The van der Waals surface area contributed by atoms with E-state index in [0.29, 0.717) is 13.1 Å². The van der Waals surface area contributed by atoms with Gasteiger partial charge in [0.25, 0.3) is 0 Å². The molecule has 0 aliphatic rings. The zero-order valence-corrected chi connectivity index (χ0v) is 12.6. The van der Waals surface area contributed by atoms with E-state index < -0.39 is 0 Å². The highest BCUT2D eigenvalue weighted by molar-refractivity contribution is 8.01. The van der Waals surface area contributed by atoms with Crippen molar-refractivity contribution in [2.45, 2.75) is 19.1 Å². The molecule has 1 aromatic carbocycles. The molecule has 0 aliphatic carbocycles. The molecule has 0 fully saturated rings. The minimum atomic E-state index is -0.273. The molecule has 4 N–H and O–H groups in total. The molecule has 1 aromatic rings. The Kier molecular flexibility index (Phi) is 7.11. The number of thioether (sulfide) groups is 1. The fourth-order valence-corrected chi connectivity index (χ4v) is 2.24. The second-order valence-corrected chi connectivity index (χ2v) is 5.78. The molecule has 0 bridgehead atoms. The Morgan fingerprint density at radius 3 is 2.80 bits per heavy atom. The number of hydrogen-bond acceptors (Lipinski definition) is 4. The molecule has 5 nitrogen and oxygen atoms in total. The van der Waals surface area contributed by atoms with Gasteiger partial charge < -0.3 is 16.4 Å². The Morgan fingerprint density at radius 2 is 2.15 bits per heavy atom. The van der Waals surface area contributed by atoms with Crippen LogP contribution in [0.5, 0.6) is 0 Å². The first kappa shape index (κ1) is 16.5. The average Bonchev–Trinajstić information content (AvgIpc) is 2.42. The van der Waals surface area contributed by atoms with Crippen LogP contribution in [0.4, 0.5) is 5.69 Å². The van der Waals surface area contributed by atoms with Gasteiger partial charge in [0, 0.05) is 18.8 Å². The van der Waals surface area contributed by atoms with Gasteiger partial charge in [-0.2, -0.15) is 0 Å². The fourth-order valence-electron chi connectivity index (χ4n) is 1.54. The molecule has 0 aliphatic heterocycles. The number of anilines is 1. The maximum Gasteiger partial charge on any atom is 0.234 e. The van der Waals surface area contributed by atoms with Gasteiger partial charge in [0.1, 0.15) is 0 Å². The number of carbonyl (C=O) groups is 2. The lowest BCUT2D eigenvalue weighted by Crippen LogP contribution is -2.35. The van der Waals surface area contributed by atoms with E-state index >= 15 is 0 Å². The zero-order chi connectivity index (χ0) is 15.0. The smallest absolute Gasteiger partial charge is 0.234 e. The van der Waals surface area contributed by atoms with Crippen molar-refractivity contribution < 1.29 is 9.59 Å². The maximum atomic E-state index is 11.8. The summed E-state index contributed by atoms with van der Waals surface area (Å²) in [4.78, 5) is 23.4. The van der Waals surface area contributed by atoms with E-state index in [0.717, 1.165) is 11.3 Å². The summed E-state index contributed by atoms with van der Waals surface area (Å²) in [6.45, 7) is 4.61. The third-order valence-corrected chi connectivity index (χ3v) is 3.72. The van der Waals surface area contributed by atoms with Gasteiger partial charge in [-0.15, -0.1) is 11.8 Å². The van der Waals surface area contributed by atoms with Crippen LogP contribution in [0.15, 0.2) is 24.3 Å². The average molecular weight is 295 g/mol. The van der Waals surface area contributed by atoms with Gasteiger partial charge in [-0.05, 0) is 31.5 Å². The molecule has 0 heterocycles. The summed E-state index contributed by atoms with van der Waals surface area (Å²) in [7, 11) is 0. The second-order valence-electron chi connectivity index (χ2n) is 4.45. The monoisotopic (exact) mass is 295 g/mol. The highest BCUT2D eigenvalue weighted by atomic mass is 32.2. The largest absolute Gasteiger partial charge is 0.354 e. The van der Waals surface area contributed by atoms with Crippen LogP contribution >= 0.6 is 11.8 Å². The Bertz CT molecular complexity index is 465. The third-order valence-electron chi connectivity index (χ3n) is 2.58. The van der Waals surface area contributed by atoms with Crippen LogP contribution in [-0.2, 0) is 9.59 Å². The van der Waals surface area contributed by atoms with Gasteiger partial charge in [-0.3, -0.25) is 9.59 Å². The van der Waals surface area contributed by atoms with Crippen molar-refractivity contribution >= 4 is 29.3 Å². The molecule has 110 valence electrons. The molecule has 0 saturated carbocycles. The Hall–Kier alpha value is -1.53. The lowest BCUT2D eigenvalue weighted by molar-refractivity contribution is -0.120. The molecule has 0 saturated heterocycles. The van der Waals surface area contributed by atoms with Crippen LogP contribution in [-0.4, -0.2) is 35.9 Å². The van der Waals surface area contributed by atoms with Crippen LogP contribution in [0, 0.1) is 6.92 Å². The molecular formula is C14H21N3O2S. The molecule has 2 amide bonds. The quantitative estimate of drug-likeness (QED) is 0.704. The first-order chi connectivity index (χ1) is 9.52. The Labute approximate surface area is 123 Å². The number of nitrogens with one attached hydrogen (secondary N) is 2. The molecule has 1 rings (SSSR count). The van der Waals surface area contributed by atoms with Gasteiger partial charge in [0.05, 0.1) is 11.0 Å². The lowest BCUT2D eigenvalue weighted by Gasteiger charge is -2.11. The van der Waals surface area contributed by atoms with E-state index in [1.165, 1.54) is 11.8 Å². The van der Waals surface area contributed by atoms with Crippen LogP contribution in [0.1, 0.15) is 12.5 Å². The van der Waals surface area contributed by atoms with Gasteiger partial charge in [-0.1, -0.05) is 12.1 Å². The summed E-state index contributed by atoms with van der Waals surface area (Å²) in [5, 5.41) is 5.23. The minimum Gasteiger partial charge on any atom is -0.354 e. The summed E-state index contributed by atoms with van der Waals surface area (Å²) in [6, 6.07) is 7.60. The van der Waals surface area contributed by atoms with Crippen molar-refractivity contribution in [2.24, 2.45) is 5.73 Å². The van der Waals surface area contributed by atoms with E-state index in [9.17, 15) is 9.59 Å². The van der Waals surface area contributed by atoms with Crippen molar-refractivity contribution in [1.82, 2.24) is 5.32 Å². The fraction of sp³-hybridized carbons (Fsp3) is 0.429. The molecule has 1 atom stereocenters. The molecule has 20 heavy (non-hydrogen) atoms. The molecule has 1 unspecified atom stereocenters. The van der Waals surface area contributed by atoms with E-state index in [4.69, 9.17) is 5.73 Å². The van der Waals surface area contributed by atoms with Crippen molar-refractivity contribution in [3.63, 3.8) is 0 Å². The van der Waals surface area contributed by atoms with Crippen LogP contribution in [0.25, 0.3) is 0 Å². The van der Waals surface area contributed by atoms with Gasteiger partial charge in [0.2, 0.25) is 11.8 Å². The topological polar surface area (TPSA) is 84.2 Å². The predicted molar refractivity (Wildman–Crippen MR) is 83.8 cm³/mol. The summed E-state index contributed by atoms with van der Waals surface area (Å²) in [5.41, 5.74) is 7.17. The first-order valence-electron chi connectivity index (χ1n) is 6.49. The molecule has 0 radical (unpaired) electrons. The van der Waals surface area contributed by atoms with E-state index in [1.54, 1.807) is 6.92 Å². The number of aryl methyl sites for hydroxylation is 1. The number of benzene rings is 1. The maximum absolute atomic E-state index is 11.8. The Balaban J connectivity index is 2.34. The molecule has 6 heteroatoms. The third kappa shape index (κ3) is 6.08. The minimum absolute atomic E-state index is 0.0937. The summed E-state index contributed by atoms with van der Waals surface area (Å²) >= 11 is 1.30. The number of hydrogen-bond donors (Lipinski definition) is 3. The highest BCUT2D eigenvalue weighted by Crippen LogP contribution is 2.13. The Morgan fingerprint density at radius 1 is 1.40 bits per heavy atom. The van der Waals surface area contributed by atoms with Crippen LogP contribution in [0.3, 0.4) is 0 Å². The van der Waals surface area contributed by atoms with Crippen molar-refractivity contribution in [3.05, 3.63) is 29.8 Å². The van der Waals surface area contributed by atoms with Gasteiger partial charge >= 0.3 is 0 Å². The second kappa shape index (κ2) is 8.60. The lowest BCUT2D eigenvalue weighted by atomic mass is 10.2. The van der Waals surface area contributed by atoms with E-state index in [1.807, 2.05) is 31.2 Å². The predicted octanol–water partition coefficient (Wildman–Crippen LogP) is 1.13. The number of carbonyl (C=O) groups excluding carboxylic acids is 2. The highest BCUT2D eigenvalue weighted by Gasteiger charge is 2.14. The van der Waals surface area contributed by atoms with Gasteiger partial charge in [0.15, 0.2) is 0 Å². The molecule has 0 spiro atoms. The van der Waals surface area contributed by atoms with E-state index in [2.05, 4.69) is 10.6 Å². The SMILES string of the molecule is Cc1cccc(NC(=O)CSC(C)C(=O)NCCN)c1. The van der Waals surface area contributed by atoms with E-state index in [-0.39, 0.29) is 22.8 Å².